The lowest BCUT2D eigenvalue weighted by Gasteiger charge is -2.21. The average molecular weight is 406 g/mol. The quantitative estimate of drug-likeness (QED) is 0.676. The highest BCUT2D eigenvalue weighted by atomic mass is 79.9. The van der Waals surface area contributed by atoms with Gasteiger partial charge in [-0.15, -0.1) is 0 Å². The highest BCUT2D eigenvalue weighted by molar-refractivity contribution is 9.09. The zero-order chi connectivity index (χ0) is 17.6. The topological polar surface area (TPSA) is 48.0 Å². The van der Waals surface area contributed by atoms with E-state index in [1.165, 1.54) is 0 Å². The lowest BCUT2D eigenvalue weighted by molar-refractivity contribution is 0.147. The first kappa shape index (κ1) is 17.6. The Morgan fingerprint density at radius 1 is 1.20 bits per heavy atom. The maximum atomic E-state index is 12.6. The van der Waals surface area contributed by atoms with Gasteiger partial charge in [-0.3, -0.25) is 4.90 Å². The number of nitrogens with zero attached hydrogens (tertiary/aromatic N) is 1. The van der Waals surface area contributed by atoms with Crippen LogP contribution in [0.5, 0.6) is 11.5 Å². The normalized spacial score (nSPS) is 12.6. The van der Waals surface area contributed by atoms with Gasteiger partial charge in [-0.2, -0.15) is 0 Å². The van der Waals surface area contributed by atoms with Gasteiger partial charge in [0.25, 0.3) is 0 Å². The minimum absolute atomic E-state index is 0.243. The molecule has 0 bridgehead atoms. The Hall–Kier alpha value is -2.21. The number of halogens is 1. The molecule has 1 heterocycles. The highest BCUT2D eigenvalue weighted by Gasteiger charge is 2.31. The highest BCUT2D eigenvalue weighted by Crippen LogP contribution is 2.44. The van der Waals surface area contributed by atoms with E-state index in [1.807, 2.05) is 42.5 Å². The molecule has 1 amide bonds. The Morgan fingerprint density at radius 3 is 2.72 bits per heavy atom. The molecule has 3 rings (SSSR count). The Bertz CT molecular complexity index is 736. The fraction of sp³-hybridized carbons (Fsp3) is 0.316. The van der Waals surface area contributed by atoms with E-state index in [2.05, 4.69) is 15.9 Å². The van der Waals surface area contributed by atoms with Crippen LogP contribution in [0.1, 0.15) is 11.1 Å². The summed E-state index contributed by atoms with van der Waals surface area (Å²) in [5.41, 5.74) is 2.76. The van der Waals surface area contributed by atoms with Crippen molar-refractivity contribution in [2.24, 2.45) is 0 Å². The number of hydrogen-bond donors (Lipinski definition) is 0. The third-order valence-corrected chi connectivity index (χ3v) is 4.35. The summed E-state index contributed by atoms with van der Waals surface area (Å²) in [6, 6.07) is 13.5. The summed E-state index contributed by atoms with van der Waals surface area (Å²) in [6.45, 7) is 1.30. The van der Waals surface area contributed by atoms with Crippen molar-refractivity contribution in [3.8, 4) is 11.5 Å². The molecule has 0 radical (unpaired) electrons. The number of carbonyl (C=O) groups excluding carboxylic acids is 1. The number of amides is 1. The van der Waals surface area contributed by atoms with E-state index >= 15 is 0 Å². The third-order valence-electron chi connectivity index (χ3n) is 4.02. The van der Waals surface area contributed by atoms with Crippen LogP contribution >= 0.6 is 15.9 Å². The standard InChI is InChI=1S/C19H20BrNO4/c1-23-16-8-7-15-9-11-21(17(15)18(16)24-12-10-20)19(22)25-13-14-5-3-2-4-6-14/h2-8H,9-13H2,1H3. The molecular formula is C19H20BrNO4. The predicted molar refractivity (Wildman–Crippen MR) is 100.0 cm³/mol. The molecule has 0 unspecified atom stereocenters. The van der Waals surface area contributed by atoms with E-state index in [0.717, 1.165) is 23.2 Å². The van der Waals surface area contributed by atoms with Crippen LogP contribution in [0.25, 0.3) is 0 Å². The molecule has 0 spiro atoms. The zero-order valence-corrected chi connectivity index (χ0v) is 15.6. The van der Waals surface area contributed by atoms with Crippen LogP contribution < -0.4 is 14.4 Å². The second kappa shape index (κ2) is 8.25. The Kier molecular flexibility index (Phi) is 5.81. The second-order valence-corrected chi connectivity index (χ2v) is 6.38. The maximum absolute atomic E-state index is 12.6. The molecule has 25 heavy (non-hydrogen) atoms. The van der Waals surface area contributed by atoms with Crippen molar-refractivity contribution < 1.29 is 19.0 Å². The van der Waals surface area contributed by atoms with Gasteiger partial charge in [0.15, 0.2) is 11.5 Å². The van der Waals surface area contributed by atoms with Gasteiger partial charge < -0.3 is 14.2 Å². The number of methoxy groups -OCH3 is 1. The number of alkyl halides is 1. The number of benzene rings is 2. The predicted octanol–water partition coefficient (Wildman–Crippen LogP) is 4.17. The molecule has 0 fully saturated rings. The molecule has 2 aromatic carbocycles. The van der Waals surface area contributed by atoms with Gasteiger partial charge in [0.2, 0.25) is 0 Å². The molecule has 6 heteroatoms. The second-order valence-electron chi connectivity index (χ2n) is 5.58. The molecule has 0 saturated heterocycles. The monoisotopic (exact) mass is 405 g/mol. The van der Waals surface area contributed by atoms with Gasteiger partial charge in [0, 0.05) is 11.9 Å². The lowest BCUT2D eigenvalue weighted by atomic mass is 10.1. The van der Waals surface area contributed by atoms with Crippen LogP contribution in [0, 0.1) is 0 Å². The van der Waals surface area contributed by atoms with Crippen LogP contribution in [0.4, 0.5) is 10.5 Å². The molecular weight excluding hydrogens is 386 g/mol. The van der Waals surface area contributed by atoms with Crippen LogP contribution in [0.3, 0.4) is 0 Å². The van der Waals surface area contributed by atoms with Gasteiger partial charge >= 0.3 is 6.09 Å². The average Bonchev–Trinajstić information content (AvgIpc) is 3.09. The van der Waals surface area contributed by atoms with Crippen LogP contribution in [-0.4, -0.2) is 31.7 Å². The van der Waals surface area contributed by atoms with E-state index in [-0.39, 0.29) is 12.7 Å². The number of carbonyl (C=O) groups is 1. The summed E-state index contributed by atoms with van der Waals surface area (Å²) in [5, 5.41) is 0.693. The third kappa shape index (κ3) is 3.90. The van der Waals surface area contributed by atoms with Gasteiger partial charge in [-0.05, 0) is 23.6 Å². The zero-order valence-electron chi connectivity index (χ0n) is 14.0. The fourth-order valence-corrected chi connectivity index (χ4v) is 3.02. The first-order valence-electron chi connectivity index (χ1n) is 8.11. The van der Waals surface area contributed by atoms with Crippen molar-refractivity contribution in [3.63, 3.8) is 0 Å². The molecule has 2 aromatic rings. The smallest absolute Gasteiger partial charge is 0.414 e. The molecule has 0 saturated carbocycles. The molecule has 132 valence electrons. The number of fused-ring (bicyclic) bond motifs is 1. The van der Waals surface area contributed by atoms with Crippen LogP contribution in [-0.2, 0) is 17.8 Å². The Balaban J connectivity index is 1.80. The van der Waals surface area contributed by atoms with Crippen LogP contribution in [0.15, 0.2) is 42.5 Å². The summed E-state index contributed by atoms with van der Waals surface area (Å²) in [6.07, 6.45) is 0.393. The largest absolute Gasteiger partial charge is 0.493 e. The minimum atomic E-state index is -0.375. The van der Waals surface area contributed by atoms with Gasteiger partial charge in [0.05, 0.1) is 19.4 Å². The lowest BCUT2D eigenvalue weighted by Crippen LogP contribution is -2.30. The van der Waals surface area contributed by atoms with Crippen molar-refractivity contribution in [1.29, 1.82) is 0 Å². The Morgan fingerprint density at radius 2 is 2.00 bits per heavy atom. The fourth-order valence-electron chi connectivity index (χ4n) is 2.86. The van der Waals surface area contributed by atoms with Crippen molar-refractivity contribution in [1.82, 2.24) is 0 Å². The van der Waals surface area contributed by atoms with E-state index < -0.39 is 0 Å². The number of rotatable bonds is 6. The summed E-state index contributed by atoms with van der Waals surface area (Å²) >= 11 is 3.36. The van der Waals surface area contributed by atoms with Gasteiger partial charge in [0.1, 0.15) is 6.61 Å². The molecule has 1 aliphatic rings. The molecule has 5 nitrogen and oxygen atoms in total. The van der Waals surface area contributed by atoms with E-state index in [9.17, 15) is 4.79 Å². The SMILES string of the molecule is COc1ccc2c(c1OCCBr)N(C(=O)OCc1ccccc1)CC2. The molecule has 0 aromatic heterocycles. The van der Waals surface area contributed by atoms with Crippen molar-refractivity contribution in [2.45, 2.75) is 13.0 Å². The van der Waals surface area contributed by atoms with Crippen molar-refractivity contribution in [2.75, 3.05) is 30.5 Å². The van der Waals surface area contributed by atoms with E-state index in [4.69, 9.17) is 14.2 Å². The summed E-state index contributed by atoms with van der Waals surface area (Å²) in [4.78, 5) is 14.2. The first-order chi connectivity index (χ1) is 12.2. The van der Waals surface area contributed by atoms with Gasteiger partial charge in [-0.25, -0.2) is 4.79 Å². The van der Waals surface area contributed by atoms with Crippen LogP contribution in [0.2, 0.25) is 0 Å². The summed E-state index contributed by atoms with van der Waals surface area (Å²) in [7, 11) is 1.59. The summed E-state index contributed by atoms with van der Waals surface area (Å²) in [5.74, 6) is 1.20. The van der Waals surface area contributed by atoms with E-state index in [1.54, 1.807) is 12.0 Å². The van der Waals surface area contributed by atoms with Crippen molar-refractivity contribution in [3.05, 3.63) is 53.6 Å². The maximum Gasteiger partial charge on any atom is 0.414 e. The number of anilines is 1. The minimum Gasteiger partial charge on any atom is -0.493 e. The first-order valence-corrected chi connectivity index (χ1v) is 9.23. The number of hydrogen-bond acceptors (Lipinski definition) is 4. The number of ether oxygens (including phenoxy) is 3. The van der Waals surface area contributed by atoms with Gasteiger partial charge in [-0.1, -0.05) is 52.3 Å². The molecule has 0 aliphatic carbocycles. The van der Waals surface area contributed by atoms with E-state index in [0.29, 0.717) is 30.0 Å². The Labute approximate surface area is 155 Å². The molecule has 0 N–H and O–H groups in total. The van der Waals surface area contributed by atoms with Crippen molar-refractivity contribution >= 4 is 27.7 Å². The molecule has 0 atom stereocenters. The molecule has 1 aliphatic heterocycles. The summed E-state index contributed by atoms with van der Waals surface area (Å²) < 4.78 is 16.7.